The first-order chi connectivity index (χ1) is 8.29. The van der Waals surface area contributed by atoms with Crippen molar-refractivity contribution in [3.63, 3.8) is 0 Å². The monoisotopic (exact) mass is 234 g/mol. The normalized spacial score (nSPS) is 10.5. The molecule has 0 fully saturated rings. The molecule has 0 amide bonds. The van der Waals surface area contributed by atoms with Crippen LogP contribution in [0.3, 0.4) is 0 Å². The maximum atomic E-state index is 12.7. The van der Waals surface area contributed by atoms with Crippen LogP contribution in [0.4, 0.5) is 4.39 Å². The van der Waals surface area contributed by atoms with Crippen molar-refractivity contribution < 1.29 is 9.13 Å². The zero-order valence-electron chi connectivity index (χ0n) is 9.77. The van der Waals surface area contributed by atoms with Crippen molar-refractivity contribution >= 4 is 0 Å². The van der Waals surface area contributed by atoms with Crippen LogP contribution in [0.5, 0.6) is 5.75 Å². The van der Waals surface area contributed by atoms with Gasteiger partial charge < -0.3 is 9.30 Å². The summed E-state index contributed by atoms with van der Waals surface area (Å²) in [6, 6.07) is 6.02. The second-order valence-electron chi connectivity index (χ2n) is 3.82. The van der Waals surface area contributed by atoms with Gasteiger partial charge in [-0.3, -0.25) is 0 Å². The number of hydrogen-bond acceptors (Lipinski definition) is 2. The van der Waals surface area contributed by atoms with Crippen LogP contribution in [0.1, 0.15) is 19.0 Å². The fraction of sp³-hybridized carbons (Fsp3) is 0.308. The Bertz CT molecular complexity index is 465. The van der Waals surface area contributed by atoms with E-state index >= 15 is 0 Å². The summed E-state index contributed by atoms with van der Waals surface area (Å²) in [7, 11) is 0. The second kappa shape index (κ2) is 5.48. The SMILES string of the molecule is CCCn1cncc1COc1ccc(F)cc1. The van der Waals surface area contributed by atoms with Crippen molar-refractivity contribution in [3.8, 4) is 5.75 Å². The summed E-state index contributed by atoms with van der Waals surface area (Å²) in [4.78, 5) is 4.09. The highest BCUT2D eigenvalue weighted by molar-refractivity contribution is 5.22. The number of imidazole rings is 1. The fourth-order valence-corrected chi connectivity index (χ4v) is 1.60. The number of hydrogen-bond donors (Lipinski definition) is 0. The highest BCUT2D eigenvalue weighted by Gasteiger charge is 2.02. The van der Waals surface area contributed by atoms with E-state index in [1.54, 1.807) is 24.7 Å². The van der Waals surface area contributed by atoms with E-state index in [0.717, 1.165) is 18.7 Å². The van der Waals surface area contributed by atoms with Crippen LogP contribution in [-0.2, 0) is 13.2 Å². The lowest BCUT2D eigenvalue weighted by Gasteiger charge is -2.08. The Morgan fingerprint density at radius 2 is 2.06 bits per heavy atom. The number of aromatic nitrogens is 2. The first-order valence-corrected chi connectivity index (χ1v) is 5.67. The first-order valence-electron chi connectivity index (χ1n) is 5.67. The first kappa shape index (κ1) is 11.6. The quantitative estimate of drug-likeness (QED) is 0.795. The van der Waals surface area contributed by atoms with Crippen molar-refractivity contribution in [2.24, 2.45) is 0 Å². The van der Waals surface area contributed by atoms with Gasteiger partial charge in [-0.15, -0.1) is 0 Å². The van der Waals surface area contributed by atoms with Gasteiger partial charge in [0.05, 0.1) is 18.2 Å². The van der Waals surface area contributed by atoms with E-state index < -0.39 is 0 Å². The van der Waals surface area contributed by atoms with Gasteiger partial charge in [0.2, 0.25) is 0 Å². The molecule has 0 atom stereocenters. The van der Waals surface area contributed by atoms with Crippen LogP contribution in [0.2, 0.25) is 0 Å². The van der Waals surface area contributed by atoms with Crippen molar-refractivity contribution in [1.29, 1.82) is 0 Å². The molecular weight excluding hydrogens is 219 g/mol. The van der Waals surface area contributed by atoms with Gasteiger partial charge >= 0.3 is 0 Å². The average molecular weight is 234 g/mol. The van der Waals surface area contributed by atoms with E-state index in [-0.39, 0.29) is 5.82 Å². The van der Waals surface area contributed by atoms with Crippen LogP contribution in [0, 0.1) is 5.82 Å². The van der Waals surface area contributed by atoms with Crippen LogP contribution >= 0.6 is 0 Å². The van der Waals surface area contributed by atoms with Gasteiger partial charge in [0.15, 0.2) is 0 Å². The smallest absolute Gasteiger partial charge is 0.130 e. The summed E-state index contributed by atoms with van der Waals surface area (Å²) in [5.74, 6) is 0.407. The van der Waals surface area contributed by atoms with Gasteiger partial charge in [0.1, 0.15) is 18.2 Å². The summed E-state index contributed by atoms with van der Waals surface area (Å²) in [5, 5.41) is 0. The molecule has 0 spiro atoms. The summed E-state index contributed by atoms with van der Waals surface area (Å²) in [6.07, 6.45) is 4.64. The van der Waals surface area contributed by atoms with Crippen molar-refractivity contribution in [2.45, 2.75) is 26.5 Å². The van der Waals surface area contributed by atoms with Gasteiger partial charge in [-0.25, -0.2) is 9.37 Å². The molecule has 0 saturated heterocycles. The largest absolute Gasteiger partial charge is 0.487 e. The Balaban J connectivity index is 1.97. The molecule has 3 nitrogen and oxygen atoms in total. The Hall–Kier alpha value is -1.84. The minimum absolute atomic E-state index is 0.256. The lowest BCUT2D eigenvalue weighted by molar-refractivity contribution is 0.294. The Labute approximate surface area is 99.9 Å². The molecule has 1 aromatic carbocycles. The lowest BCUT2D eigenvalue weighted by atomic mass is 10.3. The highest BCUT2D eigenvalue weighted by atomic mass is 19.1. The molecule has 0 aliphatic heterocycles. The number of aryl methyl sites for hydroxylation is 1. The molecule has 2 rings (SSSR count). The summed E-state index contributed by atoms with van der Waals surface area (Å²) < 4.78 is 20.3. The summed E-state index contributed by atoms with van der Waals surface area (Å²) in [6.45, 7) is 3.50. The van der Waals surface area contributed by atoms with Crippen molar-refractivity contribution in [2.75, 3.05) is 0 Å². The van der Waals surface area contributed by atoms with Crippen LogP contribution in [-0.4, -0.2) is 9.55 Å². The van der Waals surface area contributed by atoms with Crippen molar-refractivity contribution in [1.82, 2.24) is 9.55 Å². The molecule has 0 aliphatic rings. The van der Waals surface area contributed by atoms with E-state index in [4.69, 9.17) is 4.74 Å². The fourth-order valence-electron chi connectivity index (χ4n) is 1.60. The van der Waals surface area contributed by atoms with Gasteiger partial charge in [-0.1, -0.05) is 6.92 Å². The highest BCUT2D eigenvalue weighted by Crippen LogP contribution is 2.13. The van der Waals surface area contributed by atoms with Gasteiger partial charge in [-0.2, -0.15) is 0 Å². The van der Waals surface area contributed by atoms with E-state index in [9.17, 15) is 4.39 Å². The van der Waals surface area contributed by atoms with E-state index in [1.807, 2.05) is 0 Å². The Morgan fingerprint density at radius 1 is 1.29 bits per heavy atom. The molecule has 0 radical (unpaired) electrons. The molecule has 1 heterocycles. The lowest BCUT2D eigenvalue weighted by Crippen LogP contribution is -2.04. The molecule has 17 heavy (non-hydrogen) atoms. The molecule has 0 aliphatic carbocycles. The van der Waals surface area contributed by atoms with E-state index in [2.05, 4.69) is 16.5 Å². The standard InChI is InChI=1S/C13H15FN2O/c1-2-7-16-10-15-8-12(16)9-17-13-5-3-11(14)4-6-13/h3-6,8,10H,2,7,9H2,1H3. The van der Waals surface area contributed by atoms with Crippen LogP contribution < -0.4 is 4.74 Å². The maximum absolute atomic E-state index is 12.7. The molecule has 0 N–H and O–H groups in total. The minimum atomic E-state index is -0.256. The molecule has 4 heteroatoms. The minimum Gasteiger partial charge on any atom is -0.487 e. The molecule has 90 valence electrons. The molecule has 2 aromatic rings. The average Bonchev–Trinajstić information content (AvgIpc) is 2.77. The van der Waals surface area contributed by atoms with Gasteiger partial charge in [0.25, 0.3) is 0 Å². The summed E-state index contributed by atoms with van der Waals surface area (Å²) in [5.41, 5.74) is 1.02. The zero-order valence-corrected chi connectivity index (χ0v) is 9.77. The molecule has 0 saturated carbocycles. The summed E-state index contributed by atoms with van der Waals surface area (Å²) >= 11 is 0. The topological polar surface area (TPSA) is 27.1 Å². The number of nitrogens with zero attached hydrogens (tertiary/aromatic N) is 2. The van der Waals surface area contributed by atoms with E-state index in [1.165, 1.54) is 12.1 Å². The van der Waals surface area contributed by atoms with Gasteiger partial charge in [-0.05, 0) is 30.7 Å². The number of benzene rings is 1. The molecule has 0 unspecified atom stereocenters. The number of rotatable bonds is 5. The number of halogens is 1. The molecule has 1 aromatic heterocycles. The molecular formula is C13H15FN2O. The predicted octanol–water partition coefficient (Wildman–Crippen LogP) is 3.01. The van der Waals surface area contributed by atoms with E-state index in [0.29, 0.717) is 12.4 Å². The Kier molecular flexibility index (Phi) is 3.75. The van der Waals surface area contributed by atoms with Crippen LogP contribution in [0.15, 0.2) is 36.8 Å². The Morgan fingerprint density at radius 3 is 2.76 bits per heavy atom. The third-order valence-electron chi connectivity index (χ3n) is 2.46. The van der Waals surface area contributed by atoms with Crippen molar-refractivity contribution in [3.05, 3.63) is 48.3 Å². The third-order valence-corrected chi connectivity index (χ3v) is 2.46. The maximum Gasteiger partial charge on any atom is 0.130 e. The third kappa shape index (κ3) is 3.06. The van der Waals surface area contributed by atoms with Gasteiger partial charge in [0, 0.05) is 6.54 Å². The predicted molar refractivity (Wildman–Crippen MR) is 63.3 cm³/mol. The zero-order chi connectivity index (χ0) is 12.1. The number of ether oxygens (including phenoxy) is 1. The van der Waals surface area contributed by atoms with Crippen LogP contribution in [0.25, 0.3) is 0 Å². The molecule has 0 bridgehead atoms. The second-order valence-corrected chi connectivity index (χ2v) is 3.82.